The lowest BCUT2D eigenvalue weighted by Crippen LogP contribution is -1.90. The normalized spacial score (nSPS) is 8.92. The van der Waals surface area contributed by atoms with Crippen molar-refractivity contribution in [2.75, 3.05) is 5.75 Å². The van der Waals surface area contributed by atoms with Gasteiger partial charge >= 0.3 is 0 Å². The van der Waals surface area contributed by atoms with Crippen LogP contribution in [-0.4, -0.2) is 9.95 Å². The Kier molecular flexibility index (Phi) is 3.86. The van der Waals surface area contributed by atoms with Crippen LogP contribution in [0.4, 0.5) is 0 Å². The van der Waals surface area contributed by atoms with E-state index in [1.165, 1.54) is 11.8 Å². The topological polar surface area (TPSA) is 0 Å². The van der Waals surface area contributed by atoms with E-state index < -0.39 is 0 Å². The van der Waals surface area contributed by atoms with Crippen molar-refractivity contribution < 1.29 is 0 Å². The number of thiocarbonyl (C=S) groups is 1. The summed E-state index contributed by atoms with van der Waals surface area (Å²) in [5.41, 5.74) is 1.08. The molecule has 0 aliphatic heterocycles. The standard InChI is InChI=1S/C10H8S2/c1-2-8-12-10(11)9-6-4-3-5-7-9/h1,3-7H,8H2. The third-order valence-corrected chi connectivity index (χ3v) is 2.69. The highest BCUT2D eigenvalue weighted by atomic mass is 32.2. The van der Waals surface area contributed by atoms with E-state index in [0.29, 0.717) is 5.75 Å². The monoisotopic (exact) mass is 192 g/mol. The van der Waals surface area contributed by atoms with Crippen LogP contribution < -0.4 is 0 Å². The van der Waals surface area contributed by atoms with Crippen LogP contribution in [0, 0.1) is 12.3 Å². The highest BCUT2D eigenvalue weighted by molar-refractivity contribution is 8.23. The fourth-order valence-electron chi connectivity index (χ4n) is 0.765. The second-order valence-corrected chi connectivity index (χ2v) is 3.80. The average molecular weight is 192 g/mol. The molecular formula is C10H8S2. The zero-order chi connectivity index (χ0) is 8.81. The van der Waals surface area contributed by atoms with E-state index in [4.69, 9.17) is 18.6 Å². The zero-order valence-electron chi connectivity index (χ0n) is 6.49. The molecule has 0 bridgehead atoms. The third-order valence-electron chi connectivity index (χ3n) is 1.30. The Bertz CT molecular complexity index is 295. The van der Waals surface area contributed by atoms with Crippen molar-refractivity contribution in [2.45, 2.75) is 0 Å². The van der Waals surface area contributed by atoms with Gasteiger partial charge in [0.15, 0.2) is 0 Å². The predicted molar refractivity (Wildman–Crippen MR) is 59.4 cm³/mol. The van der Waals surface area contributed by atoms with Gasteiger partial charge in [-0.3, -0.25) is 0 Å². The molecule has 0 aliphatic carbocycles. The van der Waals surface area contributed by atoms with Crippen LogP contribution >= 0.6 is 24.0 Å². The summed E-state index contributed by atoms with van der Waals surface area (Å²) in [5, 5.41) is 0. The molecule has 0 saturated carbocycles. The molecule has 0 unspecified atom stereocenters. The van der Waals surface area contributed by atoms with Gasteiger partial charge in [-0.15, -0.1) is 18.2 Å². The van der Waals surface area contributed by atoms with E-state index in [1.54, 1.807) is 0 Å². The maximum absolute atomic E-state index is 5.15. The maximum atomic E-state index is 5.15. The molecule has 0 spiro atoms. The highest BCUT2D eigenvalue weighted by Crippen LogP contribution is 2.12. The fraction of sp³-hybridized carbons (Fsp3) is 0.100. The van der Waals surface area contributed by atoms with Gasteiger partial charge in [-0.25, -0.2) is 0 Å². The lowest BCUT2D eigenvalue weighted by Gasteiger charge is -1.99. The van der Waals surface area contributed by atoms with Crippen LogP contribution in [0.2, 0.25) is 0 Å². The Labute approximate surface area is 82.4 Å². The molecule has 0 N–H and O–H groups in total. The number of benzene rings is 1. The minimum Gasteiger partial charge on any atom is -0.119 e. The first-order valence-corrected chi connectivity index (χ1v) is 4.89. The average Bonchev–Trinajstić information content (AvgIpc) is 2.15. The quantitative estimate of drug-likeness (QED) is 0.522. The van der Waals surface area contributed by atoms with Crippen molar-refractivity contribution in [3.8, 4) is 12.3 Å². The van der Waals surface area contributed by atoms with Gasteiger partial charge in [-0.1, -0.05) is 48.5 Å². The summed E-state index contributed by atoms with van der Waals surface area (Å²) in [4.78, 5) is 0. The number of hydrogen-bond acceptors (Lipinski definition) is 2. The van der Waals surface area contributed by atoms with Crippen molar-refractivity contribution in [1.82, 2.24) is 0 Å². The molecule has 0 aromatic heterocycles. The van der Waals surface area contributed by atoms with E-state index in [9.17, 15) is 0 Å². The lowest BCUT2D eigenvalue weighted by molar-refractivity contribution is 1.69. The highest BCUT2D eigenvalue weighted by Gasteiger charge is 1.98. The Morgan fingerprint density at radius 2 is 2.08 bits per heavy atom. The maximum Gasteiger partial charge on any atom is 0.0787 e. The second kappa shape index (κ2) is 4.97. The largest absolute Gasteiger partial charge is 0.119 e. The molecule has 60 valence electrons. The van der Waals surface area contributed by atoms with Gasteiger partial charge in [-0.05, 0) is 5.56 Å². The van der Waals surface area contributed by atoms with Crippen molar-refractivity contribution in [1.29, 1.82) is 0 Å². The molecule has 2 heteroatoms. The summed E-state index contributed by atoms with van der Waals surface area (Å²) < 4.78 is 0.869. The summed E-state index contributed by atoms with van der Waals surface area (Å²) >= 11 is 6.68. The van der Waals surface area contributed by atoms with Crippen LogP contribution in [0.15, 0.2) is 30.3 Å². The van der Waals surface area contributed by atoms with Crippen LogP contribution in [0.25, 0.3) is 0 Å². The Hall–Kier alpha value is -0.780. The SMILES string of the molecule is C#CCSC(=S)c1ccccc1. The summed E-state index contributed by atoms with van der Waals surface area (Å²) in [6, 6.07) is 9.89. The van der Waals surface area contributed by atoms with Crippen LogP contribution in [0.5, 0.6) is 0 Å². The van der Waals surface area contributed by atoms with Gasteiger partial charge < -0.3 is 0 Å². The summed E-state index contributed by atoms with van der Waals surface area (Å²) in [6.45, 7) is 0. The number of hydrogen-bond donors (Lipinski definition) is 0. The molecule has 1 aromatic rings. The minimum absolute atomic E-state index is 0.647. The first-order chi connectivity index (χ1) is 5.84. The van der Waals surface area contributed by atoms with Gasteiger partial charge in [-0.2, -0.15) is 0 Å². The van der Waals surface area contributed by atoms with Gasteiger partial charge in [0.25, 0.3) is 0 Å². The van der Waals surface area contributed by atoms with Gasteiger partial charge in [0.1, 0.15) is 0 Å². The molecular weight excluding hydrogens is 184 g/mol. The summed E-state index contributed by atoms with van der Waals surface area (Å²) in [5.74, 6) is 3.19. The molecule has 0 heterocycles. The van der Waals surface area contributed by atoms with Crippen LogP contribution in [0.3, 0.4) is 0 Å². The third kappa shape index (κ3) is 2.69. The smallest absolute Gasteiger partial charge is 0.0787 e. The van der Waals surface area contributed by atoms with Crippen molar-refractivity contribution in [3.05, 3.63) is 35.9 Å². The Morgan fingerprint density at radius 1 is 1.42 bits per heavy atom. The molecule has 0 saturated heterocycles. The van der Waals surface area contributed by atoms with Crippen molar-refractivity contribution in [3.63, 3.8) is 0 Å². The summed E-state index contributed by atoms with van der Waals surface area (Å²) in [7, 11) is 0. The van der Waals surface area contributed by atoms with E-state index in [0.717, 1.165) is 9.76 Å². The zero-order valence-corrected chi connectivity index (χ0v) is 8.12. The Morgan fingerprint density at radius 3 is 2.67 bits per heavy atom. The Balaban J connectivity index is 2.61. The van der Waals surface area contributed by atoms with E-state index in [2.05, 4.69) is 5.92 Å². The molecule has 1 aromatic carbocycles. The van der Waals surface area contributed by atoms with E-state index in [-0.39, 0.29) is 0 Å². The number of rotatable bonds is 2. The first kappa shape index (κ1) is 9.31. The first-order valence-electron chi connectivity index (χ1n) is 3.50. The minimum atomic E-state index is 0.647. The molecule has 0 nitrogen and oxygen atoms in total. The van der Waals surface area contributed by atoms with Gasteiger partial charge in [0.05, 0.1) is 9.95 Å². The molecule has 0 atom stereocenters. The predicted octanol–water partition coefficient (Wildman–Crippen LogP) is 2.73. The van der Waals surface area contributed by atoms with E-state index >= 15 is 0 Å². The number of thioether (sulfide) groups is 1. The van der Waals surface area contributed by atoms with Gasteiger partial charge in [0.2, 0.25) is 0 Å². The fourth-order valence-corrected chi connectivity index (χ4v) is 1.59. The lowest BCUT2D eigenvalue weighted by atomic mass is 10.2. The van der Waals surface area contributed by atoms with Crippen LogP contribution in [-0.2, 0) is 0 Å². The molecule has 1 rings (SSSR count). The molecule has 0 fully saturated rings. The van der Waals surface area contributed by atoms with Crippen molar-refractivity contribution >= 4 is 28.2 Å². The molecule has 0 amide bonds. The molecule has 0 radical (unpaired) electrons. The second-order valence-electron chi connectivity index (χ2n) is 2.15. The van der Waals surface area contributed by atoms with E-state index in [1.807, 2.05) is 30.3 Å². The van der Waals surface area contributed by atoms with Crippen molar-refractivity contribution in [2.24, 2.45) is 0 Å². The summed E-state index contributed by atoms with van der Waals surface area (Å²) in [6.07, 6.45) is 5.12. The molecule has 12 heavy (non-hydrogen) atoms. The molecule has 0 aliphatic rings. The van der Waals surface area contributed by atoms with Gasteiger partial charge in [0, 0.05) is 0 Å². The van der Waals surface area contributed by atoms with Crippen LogP contribution in [0.1, 0.15) is 5.56 Å². The number of terminal acetylenes is 1.